The molecule has 0 saturated carbocycles. The Morgan fingerprint density at radius 2 is 1.86 bits per heavy atom. The minimum absolute atomic E-state index is 0.228. The Hall–Kier alpha value is -3.71. The molecule has 0 fully saturated rings. The molecule has 3 aromatic carbocycles. The van der Waals surface area contributed by atoms with Gasteiger partial charge < -0.3 is 9.47 Å². The number of methoxy groups -OCH3 is 1. The highest BCUT2D eigenvalue weighted by Crippen LogP contribution is 2.34. The lowest BCUT2D eigenvalue weighted by Gasteiger charge is -2.21. The first-order valence-corrected chi connectivity index (χ1v) is 12.8. The Morgan fingerprint density at radius 3 is 2.54 bits per heavy atom. The molecule has 0 atom stereocenters. The van der Waals surface area contributed by atoms with E-state index in [2.05, 4.69) is 27.6 Å². The van der Waals surface area contributed by atoms with Gasteiger partial charge in [-0.3, -0.25) is 4.79 Å². The topological polar surface area (TPSA) is 65.7 Å². The number of nitrogens with zero attached hydrogens (tertiary/aromatic N) is 3. The van der Waals surface area contributed by atoms with Crippen molar-refractivity contribution in [2.75, 3.05) is 7.11 Å². The predicted octanol–water partition coefficient (Wildman–Crippen LogP) is 6.65. The van der Waals surface area contributed by atoms with Gasteiger partial charge in [0.05, 0.1) is 24.2 Å². The van der Waals surface area contributed by atoms with Crippen LogP contribution in [0.2, 0.25) is 0 Å². The number of benzene rings is 3. The van der Waals surface area contributed by atoms with Crippen molar-refractivity contribution in [3.05, 3.63) is 111 Å². The van der Waals surface area contributed by atoms with Gasteiger partial charge in [-0.05, 0) is 47.9 Å². The zero-order chi connectivity index (χ0) is 26.6. The Labute approximate surface area is 225 Å². The van der Waals surface area contributed by atoms with Crippen molar-refractivity contribution in [2.24, 2.45) is 5.10 Å². The van der Waals surface area contributed by atoms with Gasteiger partial charge >= 0.3 is 0 Å². The van der Waals surface area contributed by atoms with Crippen LogP contribution in [0.1, 0.15) is 43.3 Å². The summed E-state index contributed by atoms with van der Waals surface area (Å²) in [6, 6.07) is 19.3. The summed E-state index contributed by atoms with van der Waals surface area (Å²) < 4.78 is 14.0. The van der Waals surface area contributed by atoms with Crippen LogP contribution in [0.4, 0.5) is 0 Å². The van der Waals surface area contributed by atoms with Crippen LogP contribution in [0.15, 0.2) is 87.7 Å². The van der Waals surface area contributed by atoms with Gasteiger partial charge in [-0.15, -0.1) is 6.58 Å². The molecular formula is C30H30BrN3O3. The largest absolute Gasteiger partial charge is 0.493 e. The van der Waals surface area contributed by atoms with Crippen LogP contribution < -0.4 is 15.0 Å². The molecule has 1 aromatic heterocycles. The van der Waals surface area contributed by atoms with E-state index in [-0.39, 0.29) is 5.56 Å². The summed E-state index contributed by atoms with van der Waals surface area (Å²) in [5.74, 6) is 1.82. The SMILES string of the molecule is C=CCc1cc(C=Nn2c(C(C)(C)C)nc3ccc(Br)cc3c2=O)cc(OC)c1OCc1ccccc1. The minimum Gasteiger partial charge on any atom is -0.493 e. The summed E-state index contributed by atoms with van der Waals surface area (Å²) in [5, 5.41) is 5.10. The van der Waals surface area contributed by atoms with E-state index in [1.165, 1.54) is 4.68 Å². The van der Waals surface area contributed by atoms with Gasteiger partial charge in [0.15, 0.2) is 11.5 Å². The van der Waals surface area contributed by atoms with Gasteiger partial charge in [-0.1, -0.05) is 73.1 Å². The molecule has 0 saturated heterocycles. The van der Waals surface area contributed by atoms with Crippen molar-refractivity contribution >= 4 is 33.0 Å². The first kappa shape index (κ1) is 26.4. The number of halogens is 1. The molecule has 0 amide bonds. The molecule has 4 aromatic rings. The third-order valence-corrected chi connectivity index (χ3v) is 6.26. The molecule has 4 rings (SSSR count). The van der Waals surface area contributed by atoms with E-state index in [1.54, 1.807) is 19.4 Å². The second-order valence-corrected chi connectivity index (χ2v) is 10.6. The second-order valence-electron chi connectivity index (χ2n) is 9.69. The molecule has 7 heteroatoms. The van der Waals surface area contributed by atoms with Gasteiger partial charge in [0.25, 0.3) is 5.56 Å². The number of aromatic nitrogens is 2. The van der Waals surface area contributed by atoms with Crippen molar-refractivity contribution < 1.29 is 9.47 Å². The van der Waals surface area contributed by atoms with E-state index >= 15 is 0 Å². The summed E-state index contributed by atoms with van der Waals surface area (Å²) >= 11 is 3.45. The van der Waals surface area contributed by atoms with Crippen molar-refractivity contribution in [3.63, 3.8) is 0 Å². The maximum atomic E-state index is 13.5. The van der Waals surface area contributed by atoms with E-state index in [4.69, 9.17) is 14.5 Å². The summed E-state index contributed by atoms with van der Waals surface area (Å²) in [7, 11) is 1.61. The van der Waals surface area contributed by atoms with Crippen LogP contribution in [0.3, 0.4) is 0 Å². The number of fused-ring (bicyclic) bond motifs is 1. The van der Waals surface area contributed by atoms with Gasteiger partial charge in [-0.2, -0.15) is 9.78 Å². The normalized spacial score (nSPS) is 11.7. The summed E-state index contributed by atoms with van der Waals surface area (Å²) in [6.45, 7) is 10.3. The molecule has 0 aliphatic rings. The molecule has 0 radical (unpaired) electrons. The molecule has 0 aliphatic heterocycles. The summed E-state index contributed by atoms with van der Waals surface area (Å²) in [6.07, 6.45) is 4.05. The summed E-state index contributed by atoms with van der Waals surface area (Å²) in [4.78, 5) is 18.2. The van der Waals surface area contributed by atoms with Gasteiger partial charge in [0.2, 0.25) is 0 Å². The number of hydrogen-bond acceptors (Lipinski definition) is 5. The number of ether oxygens (including phenoxy) is 2. The highest BCUT2D eigenvalue weighted by atomic mass is 79.9. The zero-order valence-corrected chi connectivity index (χ0v) is 23.1. The van der Waals surface area contributed by atoms with Gasteiger partial charge in [0, 0.05) is 15.5 Å². The van der Waals surface area contributed by atoms with Crippen LogP contribution in [0.5, 0.6) is 11.5 Å². The Kier molecular flexibility index (Phi) is 7.93. The Bertz CT molecular complexity index is 1520. The number of hydrogen-bond donors (Lipinski definition) is 0. The molecule has 0 unspecified atom stereocenters. The fraction of sp³-hybridized carbons (Fsp3) is 0.233. The predicted molar refractivity (Wildman–Crippen MR) is 153 cm³/mol. The van der Waals surface area contributed by atoms with Gasteiger partial charge in [-0.25, -0.2) is 4.98 Å². The van der Waals surface area contributed by atoms with E-state index in [0.29, 0.717) is 41.3 Å². The smallest absolute Gasteiger partial charge is 0.282 e. The maximum Gasteiger partial charge on any atom is 0.282 e. The lowest BCUT2D eigenvalue weighted by Crippen LogP contribution is -2.29. The van der Waals surface area contributed by atoms with Crippen LogP contribution in [0, 0.1) is 0 Å². The minimum atomic E-state index is -0.404. The van der Waals surface area contributed by atoms with Crippen molar-refractivity contribution in [1.29, 1.82) is 0 Å². The van der Waals surface area contributed by atoms with Crippen molar-refractivity contribution in [3.8, 4) is 11.5 Å². The zero-order valence-electron chi connectivity index (χ0n) is 21.5. The highest BCUT2D eigenvalue weighted by Gasteiger charge is 2.23. The molecule has 0 spiro atoms. The number of rotatable bonds is 8. The molecule has 1 heterocycles. The second kappa shape index (κ2) is 11.1. The van der Waals surface area contributed by atoms with E-state index < -0.39 is 5.41 Å². The molecule has 0 N–H and O–H groups in total. The quantitative estimate of drug-likeness (QED) is 0.179. The average Bonchev–Trinajstić information content (AvgIpc) is 2.87. The fourth-order valence-corrected chi connectivity index (χ4v) is 4.34. The van der Waals surface area contributed by atoms with E-state index in [1.807, 2.05) is 81.4 Å². The molecule has 190 valence electrons. The van der Waals surface area contributed by atoms with Crippen LogP contribution in [-0.4, -0.2) is 23.0 Å². The third kappa shape index (κ3) is 6.00. The lowest BCUT2D eigenvalue weighted by atomic mass is 9.95. The monoisotopic (exact) mass is 559 g/mol. The maximum absolute atomic E-state index is 13.5. The average molecular weight is 560 g/mol. The fourth-order valence-electron chi connectivity index (χ4n) is 3.98. The lowest BCUT2D eigenvalue weighted by molar-refractivity contribution is 0.282. The van der Waals surface area contributed by atoms with Crippen LogP contribution in [0.25, 0.3) is 10.9 Å². The van der Waals surface area contributed by atoms with Crippen molar-refractivity contribution in [2.45, 2.75) is 39.2 Å². The van der Waals surface area contributed by atoms with E-state index in [9.17, 15) is 4.79 Å². The van der Waals surface area contributed by atoms with E-state index in [0.717, 1.165) is 21.2 Å². The van der Waals surface area contributed by atoms with Crippen LogP contribution in [-0.2, 0) is 18.4 Å². The first-order valence-electron chi connectivity index (χ1n) is 12.0. The number of allylic oxidation sites excluding steroid dienone is 1. The highest BCUT2D eigenvalue weighted by molar-refractivity contribution is 9.10. The van der Waals surface area contributed by atoms with Gasteiger partial charge in [0.1, 0.15) is 12.4 Å². The molecule has 6 nitrogen and oxygen atoms in total. The summed E-state index contributed by atoms with van der Waals surface area (Å²) in [5.41, 5.74) is 2.74. The third-order valence-electron chi connectivity index (χ3n) is 5.77. The molecule has 0 bridgehead atoms. The molecular weight excluding hydrogens is 530 g/mol. The molecule has 37 heavy (non-hydrogen) atoms. The Balaban J connectivity index is 1.77. The van der Waals surface area contributed by atoms with Crippen LogP contribution >= 0.6 is 15.9 Å². The standard InChI is InChI=1S/C30H30BrN3O3/c1-6-10-22-15-21(16-26(36-5)27(22)37-19-20-11-8-7-9-12-20)18-32-34-28(35)24-17-23(31)13-14-25(24)33-29(34)30(2,3)4/h6-9,11-18H,1,10,19H2,2-5H3. The molecule has 0 aliphatic carbocycles. The first-order chi connectivity index (χ1) is 17.7. The Morgan fingerprint density at radius 1 is 1.11 bits per heavy atom. The van der Waals surface area contributed by atoms with Crippen molar-refractivity contribution in [1.82, 2.24) is 9.66 Å².